The summed E-state index contributed by atoms with van der Waals surface area (Å²) in [6.07, 6.45) is 0. The maximum Gasteiger partial charge on any atom is 0.348 e. The number of aromatic carboxylic acids is 1. The summed E-state index contributed by atoms with van der Waals surface area (Å²) >= 11 is 9.00. The van der Waals surface area contributed by atoms with E-state index in [0.29, 0.717) is 16.3 Å². The third-order valence-corrected chi connectivity index (χ3v) is 4.84. The predicted molar refractivity (Wildman–Crippen MR) is 88.1 cm³/mol. The molecule has 1 aromatic carbocycles. The molecule has 0 aliphatic heterocycles. The number of anilines is 1. The van der Waals surface area contributed by atoms with Gasteiger partial charge in [-0.2, -0.15) is 0 Å². The summed E-state index contributed by atoms with van der Waals surface area (Å²) in [4.78, 5) is 23.5. The van der Waals surface area contributed by atoms with E-state index in [0.717, 1.165) is 20.5 Å². The second-order valence-electron chi connectivity index (χ2n) is 4.01. The number of carbonyl (C=O) groups is 2. The number of carboxylic acid groups (broad SMARTS) is 1. The number of carboxylic acids is 1. The second-order valence-corrected chi connectivity index (χ2v) is 6.48. The number of amides is 1. The molecular weight excluding hydrogens is 413 g/mol. The topological polar surface area (TPSA) is 66.4 Å². The molecule has 0 aliphatic rings. The largest absolute Gasteiger partial charge is 0.477 e. The van der Waals surface area contributed by atoms with E-state index < -0.39 is 5.97 Å². The Morgan fingerprint density at radius 3 is 2.75 bits per heavy atom. The molecule has 2 aromatic rings. The smallest absolute Gasteiger partial charge is 0.348 e. The molecule has 0 aliphatic carbocycles. The maximum atomic E-state index is 12.2. The van der Waals surface area contributed by atoms with Gasteiger partial charge in [-0.3, -0.25) is 4.79 Å². The van der Waals surface area contributed by atoms with E-state index in [-0.39, 0.29) is 10.8 Å². The lowest BCUT2D eigenvalue weighted by molar-refractivity contribution is 0.0703. The average Bonchev–Trinajstić information content (AvgIpc) is 2.74. The first-order chi connectivity index (χ1) is 9.40. The minimum atomic E-state index is -1.06. The minimum Gasteiger partial charge on any atom is -0.477 e. The van der Waals surface area contributed by atoms with Gasteiger partial charge in [-0.05, 0) is 58.7 Å². The van der Waals surface area contributed by atoms with Gasteiger partial charge in [0.2, 0.25) is 0 Å². The third-order valence-electron chi connectivity index (χ3n) is 2.58. The summed E-state index contributed by atoms with van der Waals surface area (Å²) < 4.78 is 0.745. The van der Waals surface area contributed by atoms with Crippen LogP contribution in [0.5, 0.6) is 0 Å². The lowest BCUT2D eigenvalue weighted by Gasteiger charge is -2.08. The number of nitrogens with one attached hydrogen (secondary N) is 1. The van der Waals surface area contributed by atoms with Crippen LogP contribution in [0.1, 0.15) is 25.6 Å². The van der Waals surface area contributed by atoms with E-state index in [4.69, 9.17) is 16.7 Å². The molecule has 20 heavy (non-hydrogen) atoms. The molecule has 1 aromatic heterocycles. The quantitative estimate of drug-likeness (QED) is 0.728. The molecule has 2 rings (SSSR count). The summed E-state index contributed by atoms with van der Waals surface area (Å²) in [5.74, 6) is -1.43. The summed E-state index contributed by atoms with van der Waals surface area (Å²) in [6, 6.07) is 4.98. The van der Waals surface area contributed by atoms with Crippen LogP contribution in [0.25, 0.3) is 0 Å². The number of halogens is 2. The molecule has 2 N–H and O–H groups in total. The number of thiophene rings is 1. The highest BCUT2D eigenvalue weighted by Gasteiger charge is 2.19. The number of rotatable bonds is 3. The van der Waals surface area contributed by atoms with Crippen LogP contribution in [0, 0.1) is 10.5 Å². The molecule has 0 bridgehead atoms. The van der Waals surface area contributed by atoms with Crippen LogP contribution in [0.3, 0.4) is 0 Å². The Hall–Kier alpha value is -1.12. The van der Waals surface area contributed by atoms with E-state index in [1.165, 1.54) is 0 Å². The van der Waals surface area contributed by atoms with Crippen molar-refractivity contribution in [1.82, 2.24) is 0 Å². The minimum absolute atomic E-state index is 0.118. The van der Waals surface area contributed by atoms with Crippen molar-refractivity contribution in [3.8, 4) is 0 Å². The Morgan fingerprint density at radius 2 is 2.10 bits per heavy atom. The fourth-order valence-corrected chi connectivity index (χ4v) is 3.21. The Labute approximate surface area is 137 Å². The van der Waals surface area contributed by atoms with Gasteiger partial charge in [-0.25, -0.2) is 4.79 Å². The predicted octanol–water partition coefficient (Wildman–Crippen LogP) is 4.27. The van der Waals surface area contributed by atoms with Gasteiger partial charge < -0.3 is 10.4 Å². The molecule has 7 heteroatoms. The number of carbonyl (C=O) groups excluding carboxylic acids is 1. The van der Waals surface area contributed by atoms with Gasteiger partial charge in [-0.1, -0.05) is 11.6 Å². The number of aryl methyl sites for hydroxylation is 1. The van der Waals surface area contributed by atoms with Crippen molar-refractivity contribution in [3.63, 3.8) is 0 Å². The zero-order valence-corrected chi connectivity index (χ0v) is 14.0. The van der Waals surface area contributed by atoms with Crippen molar-refractivity contribution in [3.05, 3.63) is 48.2 Å². The van der Waals surface area contributed by atoms with Gasteiger partial charge in [0.05, 0.1) is 11.3 Å². The van der Waals surface area contributed by atoms with Gasteiger partial charge in [0.15, 0.2) is 0 Å². The van der Waals surface area contributed by atoms with Gasteiger partial charge >= 0.3 is 5.97 Å². The highest BCUT2D eigenvalue weighted by Crippen LogP contribution is 2.28. The zero-order chi connectivity index (χ0) is 14.9. The third kappa shape index (κ3) is 3.13. The Balaban J connectivity index is 2.35. The first kappa shape index (κ1) is 15.3. The van der Waals surface area contributed by atoms with E-state index >= 15 is 0 Å². The van der Waals surface area contributed by atoms with Crippen LogP contribution in [0.4, 0.5) is 5.69 Å². The normalized spacial score (nSPS) is 10.3. The molecular formula is C13H9ClINO3S. The molecule has 4 nitrogen and oxygen atoms in total. The summed E-state index contributed by atoms with van der Waals surface area (Å²) in [5.41, 5.74) is 1.47. The van der Waals surface area contributed by atoms with Crippen LogP contribution in [-0.2, 0) is 0 Å². The SMILES string of the molecule is Cc1csc(C(=O)O)c1NC(=O)c1cc(Cl)ccc1I. The van der Waals surface area contributed by atoms with Crippen LogP contribution in [0.15, 0.2) is 23.6 Å². The molecule has 0 unspecified atom stereocenters. The lowest BCUT2D eigenvalue weighted by Crippen LogP contribution is -2.15. The molecule has 0 fully saturated rings. The number of hydrogen-bond acceptors (Lipinski definition) is 3. The number of benzene rings is 1. The van der Waals surface area contributed by atoms with Crippen molar-refractivity contribution >= 4 is 63.1 Å². The molecule has 104 valence electrons. The molecule has 1 amide bonds. The first-order valence-corrected chi connectivity index (χ1v) is 7.81. The molecule has 0 spiro atoms. The standard InChI is InChI=1S/C13H9ClINO3S/c1-6-5-20-11(13(18)19)10(6)16-12(17)8-4-7(14)2-3-9(8)15/h2-5H,1H3,(H,16,17)(H,18,19). The van der Waals surface area contributed by atoms with E-state index in [1.807, 2.05) is 22.6 Å². The van der Waals surface area contributed by atoms with Crippen molar-refractivity contribution in [2.45, 2.75) is 6.92 Å². The molecule has 0 saturated carbocycles. The summed E-state index contributed by atoms with van der Waals surface area (Å²) in [6.45, 7) is 1.75. The zero-order valence-electron chi connectivity index (χ0n) is 10.2. The fraction of sp³-hybridized carbons (Fsp3) is 0.0769. The fourth-order valence-electron chi connectivity index (χ4n) is 1.61. The molecule has 1 heterocycles. The van der Waals surface area contributed by atoms with Crippen molar-refractivity contribution in [1.29, 1.82) is 0 Å². The van der Waals surface area contributed by atoms with E-state index in [9.17, 15) is 9.59 Å². The van der Waals surface area contributed by atoms with Gasteiger partial charge in [0.1, 0.15) is 4.88 Å². The van der Waals surface area contributed by atoms with Crippen molar-refractivity contribution < 1.29 is 14.7 Å². The van der Waals surface area contributed by atoms with Crippen molar-refractivity contribution in [2.24, 2.45) is 0 Å². The van der Waals surface area contributed by atoms with Gasteiger partial charge in [0, 0.05) is 8.59 Å². The van der Waals surface area contributed by atoms with E-state index in [1.54, 1.807) is 30.5 Å². The highest BCUT2D eigenvalue weighted by molar-refractivity contribution is 14.1. The molecule has 0 atom stereocenters. The maximum absolute atomic E-state index is 12.2. The highest BCUT2D eigenvalue weighted by atomic mass is 127. The Bertz CT molecular complexity index is 699. The van der Waals surface area contributed by atoms with Gasteiger partial charge in [0.25, 0.3) is 5.91 Å². The summed E-state index contributed by atoms with van der Waals surface area (Å²) in [5, 5.41) is 13.9. The van der Waals surface area contributed by atoms with Crippen molar-refractivity contribution in [2.75, 3.05) is 5.32 Å². The van der Waals surface area contributed by atoms with E-state index in [2.05, 4.69) is 5.32 Å². The lowest BCUT2D eigenvalue weighted by atomic mass is 10.2. The average molecular weight is 422 g/mol. The van der Waals surface area contributed by atoms with Gasteiger partial charge in [-0.15, -0.1) is 11.3 Å². The monoisotopic (exact) mass is 421 g/mol. The molecule has 0 radical (unpaired) electrons. The molecule has 0 saturated heterocycles. The van der Waals surface area contributed by atoms with Crippen LogP contribution >= 0.6 is 45.5 Å². The first-order valence-electron chi connectivity index (χ1n) is 5.48. The second kappa shape index (κ2) is 6.11. The summed E-state index contributed by atoms with van der Waals surface area (Å²) in [7, 11) is 0. The van der Waals surface area contributed by atoms with Crippen LogP contribution in [-0.4, -0.2) is 17.0 Å². The van der Waals surface area contributed by atoms with Crippen LogP contribution in [0.2, 0.25) is 5.02 Å². The Morgan fingerprint density at radius 1 is 1.40 bits per heavy atom. The Kier molecular flexibility index (Phi) is 4.66. The van der Waals surface area contributed by atoms with Crippen LogP contribution < -0.4 is 5.32 Å². The number of hydrogen-bond donors (Lipinski definition) is 2.